The smallest absolute Gasteiger partial charge is 0.331 e. The van der Waals surface area contributed by atoms with E-state index < -0.39 is 11.2 Å². The molecule has 0 radical (unpaired) electrons. The van der Waals surface area contributed by atoms with E-state index in [1.165, 1.54) is 41.1 Å². The van der Waals surface area contributed by atoms with Crippen LogP contribution in [0.5, 0.6) is 0 Å². The van der Waals surface area contributed by atoms with Crippen LogP contribution in [0, 0.1) is 5.82 Å². The number of amides is 2. The molecule has 4 rings (SSSR count). The standard InChI is InChI=1S/C25H26FN5O4/c26-20-6-8-21(9-7-20)27-22(32)17-28-12-14-29(15-13-28)24(34)18-31-23(33)10-11-30(25(31)35)16-19-4-2-1-3-5-19/h1-11H,12-18H2,(H,27,32). The summed E-state index contributed by atoms with van der Waals surface area (Å²) in [7, 11) is 0. The van der Waals surface area contributed by atoms with Crippen LogP contribution in [0.3, 0.4) is 0 Å². The number of nitrogens with zero attached hydrogens (tertiary/aromatic N) is 4. The molecule has 2 aromatic carbocycles. The minimum atomic E-state index is -0.536. The van der Waals surface area contributed by atoms with Crippen molar-refractivity contribution in [2.75, 3.05) is 38.0 Å². The Morgan fingerprint density at radius 1 is 0.857 bits per heavy atom. The lowest BCUT2D eigenvalue weighted by Gasteiger charge is -2.34. The molecule has 10 heteroatoms. The third kappa shape index (κ3) is 6.30. The SMILES string of the molecule is O=C(CN1CCN(C(=O)Cn2c(=O)ccn(Cc3ccccc3)c2=O)CC1)Nc1ccc(F)cc1. The van der Waals surface area contributed by atoms with Gasteiger partial charge in [0.05, 0.1) is 13.1 Å². The summed E-state index contributed by atoms with van der Waals surface area (Å²) in [6, 6.07) is 16.2. The highest BCUT2D eigenvalue weighted by atomic mass is 19.1. The van der Waals surface area contributed by atoms with Crippen molar-refractivity contribution in [2.24, 2.45) is 0 Å². The highest BCUT2D eigenvalue weighted by Gasteiger charge is 2.23. The van der Waals surface area contributed by atoms with Gasteiger partial charge in [0.1, 0.15) is 12.4 Å². The van der Waals surface area contributed by atoms with E-state index in [1.807, 2.05) is 35.2 Å². The molecule has 0 bridgehead atoms. The van der Waals surface area contributed by atoms with Gasteiger partial charge in [0.15, 0.2) is 0 Å². The molecule has 0 unspecified atom stereocenters. The van der Waals surface area contributed by atoms with Crippen molar-refractivity contribution >= 4 is 17.5 Å². The summed E-state index contributed by atoms with van der Waals surface area (Å²) in [5.74, 6) is -0.931. The number of anilines is 1. The molecule has 182 valence electrons. The second kappa shape index (κ2) is 10.9. The number of aromatic nitrogens is 2. The Balaban J connectivity index is 1.31. The zero-order valence-electron chi connectivity index (χ0n) is 19.1. The van der Waals surface area contributed by atoms with Crippen LogP contribution in [0.15, 0.2) is 76.4 Å². The van der Waals surface area contributed by atoms with E-state index in [-0.39, 0.29) is 30.7 Å². The topological polar surface area (TPSA) is 96.7 Å². The Bertz CT molecular complexity index is 1300. The number of halogens is 1. The number of carbonyl (C=O) groups is 2. The lowest BCUT2D eigenvalue weighted by molar-refractivity contribution is -0.133. The molecule has 1 aliphatic heterocycles. The van der Waals surface area contributed by atoms with E-state index in [0.717, 1.165) is 10.1 Å². The second-order valence-corrected chi connectivity index (χ2v) is 8.35. The van der Waals surface area contributed by atoms with Crippen molar-refractivity contribution in [2.45, 2.75) is 13.1 Å². The summed E-state index contributed by atoms with van der Waals surface area (Å²) < 4.78 is 15.4. The predicted molar refractivity (Wildman–Crippen MR) is 129 cm³/mol. The normalized spacial score (nSPS) is 14.0. The fourth-order valence-corrected chi connectivity index (χ4v) is 3.93. The van der Waals surface area contributed by atoms with Crippen molar-refractivity contribution in [1.29, 1.82) is 0 Å². The summed E-state index contributed by atoms with van der Waals surface area (Å²) in [4.78, 5) is 53.7. The molecule has 1 aliphatic rings. The lowest BCUT2D eigenvalue weighted by Crippen LogP contribution is -2.52. The third-order valence-corrected chi connectivity index (χ3v) is 5.85. The summed E-state index contributed by atoms with van der Waals surface area (Å²) in [5, 5.41) is 2.72. The van der Waals surface area contributed by atoms with Gasteiger partial charge in [-0.05, 0) is 29.8 Å². The van der Waals surface area contributed by atoms with Gasteiger partial charge in [-0.3, -0.25) is 28.4 Å². The van der Waals surface area contributed by atoms with Gasteiger partial charge in [-0.15, -0.1) is 0 Å². The highest BCUT2D eigenvalue weighted by molar-refractivity contribution is 5.92. The van der Waals surface area contributed by atoms with Gasteiger partial charge < -0.3 is 10.2 Å². The van der Waals surface area contributed by atoms with Crippen molar-refractivity contribution in [3.8, 4) is 0 Å². The molecule has 0 saturated carbocycles. The number of hydrogen-bond acceptors (Lipinski definition) is 5. The van der Waals surface area contributed by atoms with Crippen LogP contribution in [0.2, 0.25) is 0 Å². The molecule has 0 atom stereocenters. The highest BCUT2D eigenvalue weighted by Crippen LogP contribution is 2.09. The lowest BCUT2D eigenvalue weighted by atomic mass is 10.2. The second-order valence-electron chi connectivity index (χ2n) is 8.35. The van der Waals surface area contributed by atoms with Crippen molar-refractivity contribution < 1.29 is 14.0 Å². The van der Waals surface area contributed by atoms with Gasteiger partial charge in [-0.2, -0.15) is 0 Å². The minimum Gasteiger partial charge on any atom is -0.339 e. The van der Waals surface area contributed by atoms with Gasteiger partial charge in [0.25, 0.3) is 5.56 Å². The van der Waals surface area contributed by atoms with E-state index in [0.29, 0.717) is 38.4 Å². The molecule has 2 heterocycles. The molecule has 9 nitrogen and oxygen atoms in total. The van der Waals surface area contributed by atoms with Crippen molar-refractivity contribution in [1.82, 2.24) is 18.9 Å². The van der Waals surface area contributed by atoms with Crippen LogP contribution in [-0.4, -0.2) is 63.5 Å². The quantitative estimate of drug-likeness (QED) is 0.545. The molecular weight excluding hydrogens is 453 g/mol. The van der Waals surface area contributed by atoms with Crippen LogP contribution in [-0.2, 0) is 22.7 Å². The Morgan fingerprint density at radius 3 is 2.23 bits per heavy atom. The van der Waals surface area contributed by atoms with E-state index >= 15 is 0 Å². The summed E-state index contributed by atoms with van der Waals surface area (Å²) in [6.07, 6.45) is 1.44. The molecule has 1 fully saturated rings. The van der Waals surface area contributed by atoms with Crippen molar-refractivity contribution in [3.63, 3.8) is 0 Å². The average molecular weight is 480 g/mol. The Kier molecular flexibility index (Phi) is 7.51. The Morgan fingerprint density at radius 2 is 1.54 bits per heavy atom. The third-order valence-electron chi connectivity index (χ3n) is 5.85. The van der Waals surface area contributed by atoms with Gasteiger partial charge >= 0.3 is 5.69 Å². The first kappa shape index (κ1) is 24.1. The van der Waals surface area contributed by atoms with Gasteiger partial charge in [-0.25, -0.2) is 9.18 Å². The molecule has 1 N–H and O–H groups in total. The zero-order valence-corrected chi connectivity index (χ0v) is 19.1. The average Bonchev–Trinajstić information content (AvgIpc) is 2.86. The fraction of sp³-hybridized carbons (Fsp3) is 0.280. The van der Waals surface area contributed by atoms with Crippen molar-refractivity contribution in [3.05, 3.63) is 99.1 Å². The van der Waals surface area contributed by atoms with Crippen LogP contribution in [0.25, 0.3) is 0 Å². The summed E-state index contributed by atoms with van der Waals surface area (Å²) >= 11 is 0. The Hall–Kier alpha value is -4.05. The number of rotatable bonds is 7. The monoisotopic (exact) mass is 479 g/mol. The number of piperazine rings is 1. The van der Waals surface area contributed by atoms with Crippen LogP contribution < -0.4 is 16.6 Å². The predicted octanol–water partition coefficient (Wildman–Crippen LogP) is 0.980. The number of hydrogen-bond donors (Lipinski definition) is 1. The van der Waals surface area contributed by atoms with Gasteiger partial charge in [0.2, 0.25) is 11.8 Å². The molecule has 35 heavy (non-hydrogen) atoms. The largest absolute Gasteiger partial charge is 0.339 e. The van der Waals surface area contributed by atoms with Gasteiger partial charge in [-0.1, -0.05) is 30.3 Å². The minimum absolute atomic E-state index is 0.141. The molecule has 1 saturated heterocycles. The maximum Gasteiger partial charge on any atom is 0.331 e. The zero-order chi connectivity index (χ0) is 24.8. The van der Waals surface area contributed by atoms with Crippen LogP contribution >= 0.6 is 0 Å². The first-order chi connectivity index (χ1) is 16.9. The number of nitrogens with one attached hydrogen (secondary N) is 1. The molecular formula is C25H26FN5O4. The molecule has 1 aromatic heterocycles. The molecule has 0 spiro atoms. The van der Waals surface area contributed by atoms with E-state index in [9.17, 15) is 23.6 Å². The Labute approximate surface area is 201 Å². The van der Waals surface area contributed by atoms with E-state index in [4.69, 9.17) is 0 Å². The first-order valence-electron chi connectivity index (χ1n) is 11.3. The van der Waals surface area contributed by atoms with E-state index in [1.54, 1.807) is 4.90 Å². The van der Waals surface area contributed by atoms with E-state index in [2.05, 4.69) is 5.32 Å². The van der Waals surface area contributed by atoms with Gasteiger partial charge in [0, 0.05) is 44.1 Å². The van der Waals surface area contributed by atoms with Crippen LogP contribution in [0.1, 0.15) is 5.56 Å². The maximum absolute atomic E-state index is 13.0. The fourth-order valence-electron chi connectivity index (χ4n) is 3.93. The van der Waals surface area contributed by atoms with Crippen LogP contribution in [0.4, 0.5) is 10.1 Å². The molecule has 3 aromatic rings. The summed E-state index contributed by atoms with van der Waals surface area (Å²) in [6.45, 7) is 1.81. The summed E-state index contributed by atoms with van der Waals surface area (Å²) in [5.41, 5.74) is 0.358. The number of carbonyl (C=O) groups excluding carboxylic acids is 2. The first-order valence-corrected chi connectivity index (χ1v) is 11.3. The molecule has 0 aliphatic carbocycles. The maximum atomic E-state index is 13.0. The number of benzene rings is 2. The molecule has 2 amide bonds.